The van der Waals surface area contributed by atoms with Crippen molar-refractivity contribution in [2.24, 2.45) is 0 Å². The Bertz CT molecular complexity index is 681. The molecule has 0 radical (unpaired) electrons. The van der Waals surface area contributed by atoms with Crippen LogP contribution in [0.25, 0.3) is 0 Å². The maximum Gasteiger partial charge on any atom is 0.333 e. The Morgan fingerprint density at radius 1 is 0.788 bits per heavy atom. The van der Waals surface area contributed by atoms with E-state index in [1.807, 2.05) is 42.3 Å². The van der Waals surface area contributed by atoms with E-state index < -0.39 is 34.5 Å². The zero-order chi connectivity index (χ0) is 27.2. The van der Waals surface area contributed by atoms with Crippen molar-refractivity contribution >= 4 is 22.3 Å². The zero-order valence-corrected chi connectivity index (χ0v) is 21.7. The van der Waals surface area contributed by atoms with E-state index in [9.17, 15) is 19.8 Å². The van der Waals surface area contributed by atoms with Crippen LogP contribution in [-0.4, -0.2) is 129 Å². The summed E-state index contributed by atoms with van der Waals surface area (Å²) in [6.45, 7) is 11.2. The maximum atomic E-state index is 11.0. The number of esters is 2. The normalized spacial score (nSPS) is 13.2. The molecule has 0 bridgehead atoms. The molecule has 196 valence electrons. The second-order valence-electron chi connectivity index (χ2n) is 9.42. The van der Waals surface area contributed by atoms with Crippen molar-refractivity contribution in [3.8, 4) is 0 Å². The standard InChI is InChI=1S/2C10H20NO3.H2O4S/c2*1-8(2)10(13)14-7-9(12)6-11(3,4)5;1-5(2,3)4/h2*9,12H,1,6-7H2,2-5H3;(H2,1,2,3,4)/q2*+1;/p-2. The lowest BCUT2D eigenvalue weighted by molar-refractivity contribution is -0.873. The molecular weight excluding hydrogens is 460 g/mol. The minimum absolute atomic E-state index is 0.0290. The van der Waals surface area contributed by atoms with Gasteiger partial charge in [-0.2, -0.15) is 0 Å². The minimum Gasteiger partial charge on any atom is -0.759 e. The number of nitrogens with zero attached hydrogens (tertiary/aromatic N) is 2. The van der Waals surface area contributed by atoms with Crippen LogP contribution in [0.2, 0.25) is 0 Å². The molecule has 0 aromatic carbocycles. The Morgan fingerprint density at radius 3 is 1.15 bits per heavy atom. The van der Waals surface area contributed by atoms with Gasteiger partial charge in [0, 0.05) is 21.5 Å². The highest BCUT2D eigenvalue weighted by Gasteiger charge is 2.18. The van der Waals surface area contributed by atoms with Crippen LogP contribution in [0, 0.1) is 0 Å². The first-order chi connectivity index (χ1) is 14.4. The van der Waals surface area contributed by atoms with E-state index in [0.717, 1.165) is 0 Å². The van der Waals surface area contributed by atoms with Gasteiger partial charge in [-0.05, 0) is 13.8 Å². The topological polar surface area (TPSA) is 173 Å². The van der Waals surface area contributed by atoms with Crippen LogP contribution in [-0.2, 0) is 29.5 Å². The Balaban J connectivity index is -0.000000453. The molecule has 2 atom stereocenters. The van der Waals surface area contributed by atoms with Crippen LogP contribution in [0.4, 0.5) is 0 Å². The smallest absolute Gasteiger partial charge is 0.333 e. The van der Waals surface area contributed by atoms with Crippen molar-refractivity contribution in [1.82, 2.24) is 0 Å². The summed E-state index contributed by atoms with van der Waals surface area (Å²) < 4.78 is 45.0. The fraction of sp³-hybridized carbons (Fsp3) is 0.700. The van der Waals surface area contributed by atoms with Crippen molar-refractivity contribution in [3.63, 3.8) is 0 Å². The van der Waals surface area contributed by atoms with Gasteiger partial charge in [-0.15, -0.1) is 0 Å². The highest BCUT2D eigenvalue weighted by molar-refractivity contribution is 7.79. The summed E-state index contributed by atoms with van der Waals surface area (Å²) in [5.41, 5.74) is 0.699. The monoisotopic (exact) mass is 500 g/mol. The second-order valence-corrected chi connectivity index (χ2v) is 10.2. The summed E-state index contributed by atoms with van der Waals surface area (Å²) in [5.74, 6) is -0.907. The van der Waals surface area contributed by atoms with E-state index in [0.29, 0.717) is 33.2 Å². The summed E-state index contributed by atoms with van der Waals surface area (Å²) in [6, 6.07) is 0. The Hall–Kier alpha value is -1.87. The number of rotatable bonds is 10. The first-order valence-corrected chi connectivity index (χ1v) is 11.1. The molecule has 13 heteroatoms. The third-order valence-corrected chi connectivity index (χ3v) is 3.03. The van der Waals surface area contributed by atoms with Gasteiger partial charge in [-0.3, -0.25) is 8.42 Å². The molecule has 0 aliphatic carbocycles. The van der Waals surface area contributed by atoms with Crippen LogP contribution in [0.1, 0.15) is 13.8 Å². The fourth-order valence-electron chi connectivity index (χ4n) is 1.96. The lowest BCUT2D eigenvalue weighted by atomic mass is 10.3. The molecule has 0 aromatic rings. The third kappa shape index (κ3) is 34.9. The van der Waals surface area contributed by atoms with E-state index in [1.165, 1.54) is 0 Å². The number of ether oxygens (including phenoxy) is 2. The van der Waals surface area contributed by atoms with Crippen LogP contribution < -0.4 is 0 Å². The lowest BCUT2D eigenvalue weighted by Crippen LogP contribution is -2.43. The van der Waals surface area contributed by atoms with Gasteiger partial charge in [0.05, 0.1) is 42.3 Å². The number of hydrogen-bond acceptors (Lipinski definition) is 10. The molecule has 0 aliphatic heterocycles. The van der Waals surface area contributed by atoms with Crippen molar-refractivity contribution in [3.05, 3.63) is 24.3 Å². The fourth-order valence-corrected chi connectivity index (χ4v) is 1.96. The third-order valence-electron chi connectivity index (χ3n) is 3.03. The molecule has 0 spiro atoms. The molecule has 0 saturated heterocycles. The molecular formula is C20H40N2O10S. The SMILES string of the molecule is C=C(C)C(=O)OCC(O)C[N+](C)(C)C.C=C(C)C(=O)OCC(O)C[N+](C)(C)C.O=S(=O)([O-])[O-]. The molecule has 0 saturated carbocycles. The summed E-state index contributed by atoms with van der Waals surface area (Å²) in [5, 5.41) is 19.0. The lowest BCUT2D eigenvalue weighted by Gasteiger charge is -2.26. The average Bonchev–Trinajstić information content (AvgIpc) is 2.53. The quantitative estimate of drug-likeness (QED) is 0.125. The highest BCUT2D eigenvalue weighted by Crippen LogP contribution is 1.99. The van der Waals surface area contributed by atoms with Gasteiger partial charge in [-0.1, -0.05) is 13.2 Å². The van der Waals surface area contributed by atoms with Crippen molar-refractivity contribution in [1.29, 1.82) is 0 Å². The molecule has 2 N–H and O–H groups in total. The number of quaternary nitrogens is 2. The van der Waals surface area contributed by atoms with Crippen molar-refractivity contribution < 1.29 is 55.8 Å². The summed E-state index contributed by atoms with van der Waals surface area (Å²) in [4.78, 5) is 21.9. The first-order valence-electron chi connectivity index (χ1n) is 9.73. The molecule has 2 unspecified atom stereocenters. The van der Waals surface area contributed by atoms with E-state index in [2.05, 4.69) is 13.2 Å². The Morgan fingerprint density at radius 2 is 1.00 bits per heavy atom. The summed E-state index contributed by atoms with van der Waals surface area (Å²) in [6.07, 6.45) is -1.25. The summed E-state index contributed by atoms with van der Waals surface area (Å²) in [7, 11) is 6.61. The van der Waals surface area contributed by atoms with Crippen molar-refractivity contribution in [2.75, 3.05) is 68.6 Å². The number of hydrogen-bond donors (Lipinski definition) is 2. The van der Waals surface area contributed by atoms with Crippen molar-refractivity contribution in [2.45, 2.75) is 26.1 Å². The van der Waals surface area contributed by atoms with E-state index in [1.54, 1.807) is 13.8 Å². The van der Waals surface area contributed by atoms with Gasteiger partial charge < -0.3 is 37.8 Å². The number of likely N-dealkylation sites (N-methyl/N-ethyl adjacent to an activating group) is 2. The molecule has 12 nitrogen and oxygen atoms in total. The molecule has 0 fully saturated rings. The predicted octanol–water partition coefficient (Wildman–Crippen LogP) is -0.992. The number of carbonyl (C=O) groups is 2. The minimum atomic E-state index is -5.17. The molecule has 0 amide bonds. The molecule has 0 heterocycles. The van der Waals surface area contributed by atoms with Crippen LogP contribution >= 0.6 is 0 Å². The van der Waals surface area contributed by atoms with Gasteiger partial charge in [0.25, 0.3) is 0 Å². The van der Waals surface area contributed by atoms with Gasteiger partial charge in [0.1, 0.15) is 38.5 Å². The predicted molar refractivity (Wildman–Crippen MR) is 120 cm³/mol. The van der Waals surface area contributed by atoms with Gasteiger partial charge >= 0.3 is 11.9 Å². The van der Waals surface area contributed by atoms with Crippen LogP contribution in [0.3, 0.4) is 0 Å². The average molecular weight is 501 g/mol. The highest BCUT2D eigenvalue weighted by atomic mass is 32.3. The van der Waals surface area contributed by atoms with Crippen LogP contribution in [0.5, 0.6) is 0 Å². The second kappa shape index (κ2) is 15.9. The van der Waals surface area contributed by atoms with Crippen LogP contribution in [0.15, 0.2) is 24.3 Å². The van der Waals surface area contributed by atoms with E-state index in [4.69, 9.17) is 27.0 Å². The van der Waals surface area contributed by atoms with E-state index >= 15 is 0 Å². The first kappa shape index (κ1) is 35.7. The number of aliphatic hydroxyl groups excluding tert-OH is 2. The van der Waals surface area contributed by atoms with Gasteiger partial charge in [-0.25, -0.2) is 9.59 Å². The Kier molecular flexibility index (Phi) is 17.2. The Labute approximate surface area is 197 Å². The van der Waals surface area contributed by atoms with E-state index in [-0.39, 0.29) is 13.2 Å². The summed E-state index contributed by atoms with van der Waals surface area (Å²) >= 11 is 0. The van der Waals surface area contributed by atoms with Gasteiger partial charge in [0.2, 0.25) is 0 Å². The molecule has 33 heavy (non-hydrogen) atoms. The molecule has 0 aromatic heterocycles. The largest absolute Gasteiger partial charge is 0.759 e. The zero-order valence-electron chi connectivity index (χ0n) is 20.9. The van der Waals surface area contributed by atoms with Gasteiger partial charge in [0.15, 0.2) is 0 Å². The molecule has 0 aliphatic rings. The number of aliphatic hydroxyl groups is 2. The maximum absolute atomic E-state index is 11.0. The molecule has 0 rings (SSSR count). The number of carbonyl (C=O) groups excluding carboxylic acids is 2.